The Morgan fingerprint density at radius 2 is 2.21 bits per heavy atom. The van der Waals surface area contributed by atoms with Crippen LogP contribution in [-0.4, -0.2) is 21.4 Å². The second-order valence-corrected chi connectivity index (χ2v) is 5.20. The van der Waals surface area contributed by atoms with Crippen LogP contribution >= 0.6 is 11.6 Å². The number of aryl methyl sites for hydroxylation is 2. The maximum Gasteiger partial charge on any atom is 0.131 e. The summed E-state index contributed by atoms with van der Waals surface area (Å²) in [6.45, 7) is 4.94. The normalized spacial score (nSPS) is 12.9. The lowest BCUT2D eigenvalue weighted by Crippen LogP contribution is -2.14. The van der Waals surface area contributed by atoms with Gasteiger partial charge in [0.25, 0.3) is 0 Å². The first-order valence-corrected chi connectivity index (χ1v) is 6.95. The van der Waals surface area contributed by atoms with Crippen LogP contribution in [-0.2, 0) is 13.6 Å². The summed E-state index contributed by atoms with van der Waals surface area (Å²) in [5, 5.41) is 8.37. The monoisotopic (exact) mass is 280 g/mol. The molecule has 4 nitrogen and oxygen atoms in total. The highest BCUT2D eigenvalue weighted by Crippen LogP contribution is 2.22. The number of hydrogen-bond acceptors (Lipinski definition) is 2. The van der Waals surface area contributed by atoms with Gasteiger partial charge in [0.2, 0.25) is 0 Å². The predicted octanol–water partition coefficient (Wildman–Crippen LogP) is 2.90. The fraction of sp³-hybridized carbons (Fsp3) is 0.500. The first kappa shape index (κ1) is 14.2. The van der Waals surface area contributed by atoms with Crippen molar-refractivity contribution in [1.29, 1.82) is 0 Å². The molecular formula is C14H21ClN4. The van der Waals surface area contributed by atoms with Crippen LogP contribution in [0.25, 0.3) is 0 Å². The second-order valence-electron chi connectivity index (χ2n) is 4.85. The predicted molar refractivity (Wildman–Crippen MR) is 78.6 cm³/mol. The van der Waals surface area contributed by atoms with Gasteiger partial charge in [0.05, 0.1) is 12.2 Å². The molecule has 0 radical (unpaired) electrons. The minimum atomic E-state index is 0.409. The van der Waals surface area contributed by atoms with Gasteiger partial charge in [-0.15, -0.1) is 0 Å². The highest BCUT2D eigenvalue weighted by Gasteiger charge is 2.13. The lowest BCUT2D eigenvalue weighted by Gasteiger charge is -2.11. The number of nitrogens with one attached hydrogen (secondary N) is 1. The van der Waals surface area contributed by atoms with Gasteiger partial charge in [-0.1, -0.05) is 18.5 Å². The minimum absolute atomic E-state index is 0.409. The van der Waals surface area contributed by atoms with Crippen LogP contribution in [0.5, 0.6) is 0 Å². The van der Waals surface area contributed by atoms with Crippen molar-refractivity contribution in [1.82, 2.24) is 19.7 Å². The average Bonchev–Trinajstić information content (AvgIpc) is 2.93. The van der Waals surface area contributed by atoms with Crippen molar-refractivity contribution in [2.24, 2.45) is 7.05 Å². The molecule has 0 aromatic carbocycles. The smallest absolute Gasteiger partial charge is 0.131 e. The summed E-state index contributed by atoms with van der Waals surface area (Å²) in [4.78, 5) is 0. The Morgan fingerprint density at radius 3 is 2.74 bits per heavy atom. The lowest BCUT2D eigenvalue weighted by molar-refractivity contribution is 0.575. The summed E-state index contributed by atoms with van der Waals surface area (Å²) in [5.74, 6) is 0. The Labute approximate surface area is 119 Å². The number of rotatable bonds is 5. The van der Waals surface area contributed by atoms with Crippen molar-refractivity contribution in [3.05, 3.63) is 40.4 Å². The van der Waals surface area contributed by atoms with Crippen molar-refractivity contribution >= 4 is 11.6 Å². The molecule has 0 saturated heterocycles. The molecule has 1 unspecified atom stereocenters. The largest absolute Gasteiger partial charge is 0.349 e. The zero-order valence-corrected chi connectivity index (χ0v) is 12.7. The van der Waals surface area contributed by atoms with Crippen LogP contribution in [0.4, 0.5) is 0 Å². The summed E-state index contributed by atoms with van der Waals surface area (Å²) in [6.07, 6.45) is 5.35. The van der Waals surface area contributed by atoms with E-state index < -0.39 is 0 Å². The van der Waals surface area contributed by atoms with Gasteiger partial charge in [0.1, 0.15) is 5.15 Å². The zero-order valence-electron chi connectivity index (χ0n) is 11.9. The Morgan fingerprint density at radius 1 is 1.47 bits per heavy atom. The van der Waals surface area contributed by atoms with Gasteiger partial charge in [-0.2, -0.15) is 5.10 Å². The SMILES string of the molecule is CCC(NC)c1ccn(Cc2c(C)nn(C)c2Cl)c1. The van der Waals surface area contributed by atoms with Crippen molar-refractivity contribution in [3.63, 3.8) is 0 Å². The minimum Gasteiger partial charge on any atom is -0.349 e. The van der Waals surface area contributed by atoms with E-state index in [4.69, 9.17) is 11.6 Å². The van der Waals surface area contributed by atoms with E-state index in [0.29, 0.717) is 11.2 Å². The molecule has 0 saturated carbocycles. The molecule has 0 spiro atoms. The van der Waals surface area contributed by atoms with E-state index in [1.807, 2.05) is 21.0 Å². The number of aromatic nitrogens is 3. The first-order valence-electron chi connectivity index (χ1n) is 6.57. The molecule has 2 aromatic rings. The maximum absolute atomic E-state index is 6.26. The van der Waals surface area contributed by atoms with E-state index in [0.717, 1.165) is 24.2 Å². The summed E-state index contributed by atoms with van der Waals surface area (Å²) >= 11 is 6.26. The van der Waals surface area contributed by atoms with Gasteiger partial charge >= 0.3 is 0 Å². The van der Waals surface area contributed by atoms with Gasteiger partial charge < -0.3 is 9.88 Å². The van der Waals surface area contributed by atoms with E-state index in [-0.39, 0.29) is 0 Å². The molecule has 0 amide bonds. The Kier molecular flexibility index (Phi) is 4.32. The molecule has 2 rings (SSSR count). The maximum atomic E-state index is 6.26. The van der Waals surface area contributed by atoms with Crippen molar-refractivity contribution in [3.8, 4) is 0 Å². The van der Waals surface area contributed by atoms with E-state index in [1.54, 1.807) is 4.68 Å². The highest BCUT2D eigenvalue weighted by molar-refractivity contribution is 6.30. The Balaban J connectivity index is 2.20. The van der Waals surface area contributed by atoms with E-state index in [9.17, 15) is 0 Å². The van der Waals surface area contributed by atoms with Gasteiger partial charge in [0.15, 0.2) is 0 Å². The zero-order chi connectivity index (χ0) is 14.0. The van der Waals surface area contributed by atoms with Crippen LogP contribution in [0.3, 0.4) is 0 Å². The summed E-state index contributed by atoms with van der Waals surface area (Å²) in [5.41, 5.74) is 3.38. The third-order valence-electron chi connectivity index (χ3n) is 3.54. The van der Waals surface area contributed by atoms with Gasteiger partial charge in [-0.05, 0) is 32.0 Å². The van der Waals surface area contributed by atoms with Crippen LogP contribution in [0, 0.1) is 6.92 Å². The fourth-order valence-electron chi connectivity index (χ4n) is 2.41. The quantitative estimate of drug-likeness (QED) is 0.914. The van der Waals surface area contributed by atoms with Gasteiger partial charge in [0, 0.05) is 31.0 Å². The summed E-state index contributed by atoms with van der Waals surface area (Å²) in [6, 6.07) is 2.57. The number of hydrogen-bond donors (Lipinski definition) is 1. The van der Waals surface area contributed by atoms with Gasteiger partial charge in [-0.3, -0.25) is 4.68 Å². The molecule has 19 heavy (non-hydrogen) atoms. The van der Waals surface area contributed by atoms with E-state index in [2.05, 4.69) is 40.4 Å². The van der Waals surface area contributed by atoms with Crippen LogP contribution in [0.2, 0.25) is 5.15 Å². The summed E-state index contributed by atoms with van der Waals surface area (Å²) < 4.78 is 3.88. The molecule has 1 atom stereocenters. The van der Waals surface area contributed by atoms with Crippen LogP contribution in [0.15, 0.2) is 18.5 Å². The molecular weight excluding hydrogens is 260 g/mol. The Bertz CT molecular complexity index is 552. The molecule has 5 heteroatoms. The average molecular weight is 281 g/mol. The molecule has 0 aliphatic heterocycles. The third kappa shape index (κ3) is 2.85. The standard InChI is InChI=1S/C14H21ClN4/c1-5-13(16-3)11-6-7-19(8-11)9-12-10(2)17-18(4)14(12)15/h6-8,13,16H,5,9H2,1-4H3. The topological polar surface area (TPSA) is 34.8 Å². The second kappa shape index (κ2) is 5.80. The molecule has 0 aliphatic carbocycles. The van der Waals surface area contributed by atoms with Crippen molar-refractivity contribution in [2.75, 3.05) is 7.05 Å². The summed E-state index contributed by atoms with van der Waals surface area (Å²) in [7, 11) is 3.86. The van der Waals surface area contributed by atoms with E-state index >= 15 is 0 Å². The Hall–Kier alpha value is -1.26. The van der Waals surface area contributed by atoms with Crippen LogP contribution in [0.1, 0.15) is 36.2 Å². The van der Waals surface area contributed by atoms with E-state index in [1.165, 1.54) is 5.56 Å². The third-order valence-corrected chi connectivity index (χ3v) is 4.02. The number of nitrogens with zero attached hydrogens (tertiary/aromatic N) is 3. The fourth-order valence-corrected chi connectivity index (χ4v) is 2.64. The molecule has 0 aliphatic rings. The van der Waals surface area contributed by atoms with Crippen molar-refractivity contribution in [2.45, 2.75) is 32.9 Å². The lowest BCUT2D eigenvalue weighted by atomic mass is 10.1. The molecule has 2 heterocycles. The molecule has 2 aromatic heterocycles. The van der Waals surface area contributed by atoms with Gasteiger partial charge in [-0.25, -0.2) is 0 Å². The van der Waals surface area contributed by atoms with Crippen molar-refractivity contribution < 1.29 is 0 Å². The molecule has 104 valence electrons. The molecule has 0 bridgehead atoms. The van der Waals surface area contributed by atoms with Crippen LogP contribution < -0.4 is 5.32 Å². The molecule has 0 fully saturated rings. The molecule has 1 N–H and O–H groups in total. The highest BCUT2D eigenvalue weighted by atomic mass is 35.5. The number of halogens is 1. The first-order chi connectivity index (χ1) is 9.06.